The number of alkyl halides is 4. The molecular formula is C64H66Cl4N2O2P4Pt2+4. The molecular weight excluding hydrogens is 1480 g/mol. The molecule has 4 nitrogen and oxygen atoms in total. The molecule has 0 spiro atoms. The molecule has 0 amide bonds. The van der Waals surface area contributed by atoms with Crippen LogP contribution in [0.3, 0.4) is 0 Å². The fourth-order valence-electron chi connectivity index (χ4n) is 6.65. The summed E-state index contributed by atoms with van der Waals surface area (Å²) in [6.45, 7) is 4.69. The molecule has 0 unspecified atom stereocenters. The van der Waals surface area contributed by atoms with Gasteiger partial charge >= 0.3 is 42.1 Å². The first-order chi connectivity index (χ1) is 37.1. The van der Waals surface area contributed by atoms with Crippen LogP contribution in [0.25, 0.3) is 11.5 Å². The largest absolute Gasteiger partial charge is 2.00 e. The van der Waals surface area contributed by atoms with Crippen molar-refractivity contribution in [2.24, 2.45) is 0 Å². The molecule has 10 rings (SSSR count). The summed E-state index contributed by atoms with van der Waals surface area (Å²) >= 11 is 19.1. The normalized spacial score (nSPS) is 9.46. The van der Waals surface area contributed by atoms with Crippen LogP contribution in [-0.2, 0) is 51.3 Å². The van der Waals surface area contributed by atoms with Crippen LogP contribution in [0.2, 0.25) is 0 Å². The van der Waals surface area contributed by atoms with E-state index in [1.807, 2.05) is 158 Å². The summed E-state index contributed by atoms with van der Waals surface area (Å²) in [5, 5.41) is 9.97. The Morgan fingerprint density at radius 3 is 0.538 bits per heavy atom. The summed E-state index contributed by atoms with van der Waals surface area (Å²) in [7, 11) is -4.68. The van der Waals surface area contributed by atoms with E-state index in [2.05, 4.69) is 135 Å². The van der Waals surface area contributed by atoms with Crippen molar-refractivity contribution in [2.45, 2.75) is 0 Å². The van der Waals surface area contributed by atoms with Crippen LogP contribution < -0.4 is 42.4 Å². The molecule has 0 fully saturated rings. The first-order valence-electron chi connectivity index (χ1n) is 24.1. The van der Waals surface area contributed by atoms with Crippen LogP contribution in [0, 0.1) is 0 Å². The van der Waals surface area contributed by atoms with E-state index in [1.165, 1.54) is 21.2 Å². The Bertz CT molecular complexity index is 2610. The summed E-state index contributed by atoms with van der Waals surface area (Å²) in [4.78, 5) is 0. The van der Waals surface area contributed by atoms with Crippen LogP contribution in [0.1, 0.15) is 0 Å². The topological polar surface area (TPSA) is 81.7 Å². The van der Waals surface area contributed by atoms with Gasteiger partial charge in [0.05, 0.1) is 61.1 Å². The van der Waals surface area contributed by atoms with E-state index in [1.54, 1.807) is 24.3 Å². The predicted octanol–water partition coefficient (Wildman–Crippen LogP) is 16.9. The predicted molar refractivity (Wildman–Crippen MR) is 349 cm³/mol. The van der Waals surface area contributed by atoms with E-state index < -0.39 is 31.4 Å². The van der Waals surface area contributed by atoms with Gasteiger partial charge in [0.25, 0.3) is 0 Å². The molecule has 2 N–H and O–H groups in total. The van der Waals surface area contributed by atoms with Gasteiger partial charge in [-0.05, 0) is 48.5 Å². The molecule has 78 heavy (non-hydrogen) atoms. The monoisotopic (exact) mass is 1550 g/mol. The molecule has 0 atom stereocenters. The van der Waals surface area contributed by atoms with Gasteiger partial charge in [-0.1, -0.05) is 255 Å². The number of benzene rings is 10. The Balaban J connectivity index is 0.000000463. The van der Waals surface area contributed by atoms with Crippen molar-refractivity contribution < 1.29 is 51.3 Å². The van der Waals surface area contributed by atoms with Gasteiger partial charge in [0.15, 0.2) is 0 Å². The van der Waals surface area contributed by atoms with Crippen LogP contribution in [-0.4, -0.2) is 24.0 Å². The quantitative estimate of drug-likeness (QED) is 0.112. The minimum absolute atomic E-state index is 0. The van der Waals surface area contributed by atoms with E-state index in [9.17, 15) is 9.13 Å². The number of rotatable bonds is 8. The summed E-state index contributed by atoms with van der Waals surface area (Å²) < 4.78 is 24.1. The smallest absolute Gasteiger partial charge is 0.699 e. The maximum absolute atomic E-state index is 12.0. The summed E-state index contributed by atoms with van der Waals surface area (Å²) in [5.41, 5.74) is 15.1. The SMILES string of the molecule is C[PH+](c1ccccc1)c1ccccc1.C[PH+](c1ccccc1)c1ccccc1.ClCCl.ClCCl.O=[PH](c1ccccc1)c1ccccc1.O=[PH](c1ccccc1)c1ccccc1.[NH-]c1ccccc1.[NH-]c1ccccc1.[Pt+2].[Pt+2]. The van der Waals surface area contributed by atoms with Gasteiger partial charge in [0, 0.05) is 21.2 Å². The van der Waals surface area contributed by atoms with Crippen molar-refractivity contribution in [1.82, 2.24) is 0 Å². The summed E-state index contributed by atoms with van der Waals surface area (Å²) in [5.74, 6) is 0. The van der Waals surface area contributed by atoms with Crippen LogP contribution in [0.4, 0.5) is 11.4 Å². The first kappa shape index (κ1) is 71.7. The molecule has 0 aliphatic carbocycles. The van der Waals surface area contributed by atoms with Crippen molar-refractivity contribution >= 4 is 132 Å². The van der Waals surface area contributed by atoms with E-state index in [-0.39, 0.29) is 52.8 Å². The fraction of sp³-hybridized carbons (Fsp3) is 0.0625. The number of halogens is 4. The third-order valence-electron chi connectivity index (χ3n) is 10.5. The van der Waals surface area contributed by atoms with Crippen molar-refractivity contribution in [3.63, 3.8) is 0 Å². The fourth-order valence-corrected chi connectivity index (χ4v) is 12.7. The standard InChI is InChI=1S/2C13H13P.2C12H11OP.2C6H6N.2CH2Cl2.2Pt/c2*1-14(12-8-4-2-5-9-12)13-10-6-3-7-11-13;2*13-14(11-7-3-1-4-8-11)12-9-5-2-6-10-12;2*7-6-4-2-1-3-5-6;2*2-1-3;;/h2*2-11H,1H3;2*1-10,14H;2*1-5,7H;2*1H2;;/q;;;;2*-1;;;2*+2/p+2. The second kappa shape index (κ2) is 46.4. The van der Waals surface area contributed by atoms with E-state index >= 15 is 0 Å². The molecule has 14 heteroatoms. The summed E-state index contributed by atoms with van der Waals surface area (Å²) in [6, 6.07) is 99.6. The average Bonchev–Trinajstić information content (AvgIpc) is 3.50. The van der Waals surface area contributed by atoms with Crippen LogP contribution in [0.15, 0.2) is 303 Å². The molecule has 10 aromatic rings. The second-order valence-electron chi connectivity index (χ2n) is 15.8. The zero-order valence-electron chi connectivity index (χ0n) is 43.2. The second-order valence-corrected chi connectivity index (χ2v) is 25.8. The van der Waals surface area contributed by atoms with Gasteiger partial charge in [-0.25, -0.2) is 0 Å². The van der Waals surface area contributed by atoms with Gasteiger partial charge in [-0.2, -0.15) is 0 Å². The Kier molecular flexibility index (Phi) is 42.6. The van der Waals surface area contributed by atoms with Crippen molar-refractivity contribution in [3.8, 4) is 0 Å². The third kappa shape index (κ3) is 30.9. The zero-order valence-corrected chi connectivity index (χ0v) is 54.8. The van der Waals surface area contributed by atoms with E-state index in [4.69, 9.17) is 57.9 Å². The van der Waals surface area contributed by atoms with Gasteiger partial charge < -0.3 is 20.6 Å². The number of nitrogens with one attached hydrogen (secondary N) is 2. The van der Waals surface area contributed by atoms with Gasteiger partial charge in [0.1, 0.15) is 15.6 Å². The Morgan fingerprint density at radius 1 is 0.282 bits per heavy atom. The molecule has 0 aromatic heterocycles. The Hall–Kier alpha value is -4.34. The molecule has 0 saturated heterocycles. The molecule has 10 aromatic carbocycles. The van der Waals surface area contributed by atoms with Gasteiger partial charge in [-0.15, -0.1) is 57.8 Å². The van der Waals surface area contributed by atoms with Crippen LogP contribution >= 0.6 is 77.8 Å². The molecule has 0 saturated carbocycles. The van der Waals surface area contributed by atoms with Crippen LogP contribution in [0.5, 0.6) is 0 Å². The van der Waals surface area contributed by atoms with Crippen molar-refractivity contribution in [2.75, 3.05) is 24.0 Å². The summed E-state index contributed by atoms with van der Waals surface area (Å²) in [6.07, 6.45) is 0. The maximum Gasteiger partial charge on any atom is 2.00 e. The van der Waals surface area contributed by atoms with Crippen molar-refractivity contribution in [3.05, 3.63) is 315 Å². The molecule has 0 aliphatic heterocycles. The molecule has 0 bridgehead atoms. The van der Waals surface area contributed by atoms with Gasteiger partial charge in [0.2, 0.25) is 0 Å². The number of hydrogen-bond donors (Lipinski definition) is 0. The third-order valence-corrected chi connectivity index (χ3v) is 18.7. The molecule has 0 aliphatic rings. The van der Waals surface area contributed by atoms with Gasteiger partial charge in [-0.3, -0.25) is 0 Å². The van der Waals surface area contributed by atoms with Crippen molar-refractivity contribution in [1.29, 1.82) is 0 Å². The minimum Gasteiger partial charge on any atom is -0.699 e. The Morgan fingerprint density at radius 2 is 0.410 bits per heavy atom. The van der Waals surface area contributed by atoms with E-state index in [0.717, 1.165) is 21.2 Å². The molecule has 0 heterocycles. The molecule has 0 radical (unpaired) electrons. The average molecular weight is 1550 g/mol. The Labute approximate surface area is 517 Å². The maximum atomic E-state index is 12.0. The minimum atomic E-state index is -1.79. The molecule has 408 valence electrons. The number of hydrogen-bond acceptors (Lipinski definition) is 2. The zero-order chi connectivity index (χ0) is 54.9. The first-order valence-corrected chi connectivity index (χ1v) is 33.0. The van der Waals surface area contributed by atoms with E-state index in [0.29, 0.717) is 11.4 Å².